The van der Waals surface area contributed by atoms with E-state index in [1.54, 1.807) is 18.5 Å². The largest absolute Gasteiger partial charge is 0.299 e. The average Bonchev–Trinajstić information content (AvgIpc) is 2.71. The van der Waals surface area contributed by atoms with Gasteiger partial charge in [0, 0.05) is 37.4 Å². The molecule has 0 fully saturated rings. The number of rotatable bonds is 8. The Labute approximate surface area is 171 Å². The van der Waals surface area contributed by atoms with Crippen LogP contribution in [-0.4, -0.2) is 19.2 Å². The fourth-order valence-electron chi connectivity index (χ4n) is 2.76. The van der Waals surface area contributed by atoms with Crippen LogP contribution in [0.2, 0.25) is 0 Å². The second-order valence-electron chi connectivity index (χ2n) is 6.58. The van der Waals surface area contributed by atoms with E-state index in [4.69, 9.17) is 0 Å². The summed E-state index contributed by atoms with van der Waals surface area (Å²) in [6.07, 6.45) is 4.38. The molecule has 1 heterocycles. The molecule has 0 saturated carbocycles. The summed E-state index contributed by atoms with van der Waals surface area (Å²) in [5.41, 5.74) is 1.14. The van der Waals surface area contributed by atoms with Gasteiger partial charge in [-0.05, 0) is 35.7 Å². The van der Waals surface area contributed by atoms with E-state index >= 15 is 0 Å². The molecule has 0 saturated heterocycles. The van der Waals surface area contributed by atoms with E-state index in [1.807, 2.05) is 10.8 Å². The van der Waals surface area contributed by atoms with Gasteiger partial charge in [0.25, 0.3) is 10.0 Å². The monoisotopic (exact) mass is 434 g/mol. The molecule has 1 N–H and O–H groups in total. The van der Waals surface area contributed by atoms with Crippen molar-refractivity contribution < 1.29 is 26.4 Å². The quantitative estimate of drug-likeness (QED) is 0.543. The highest BCUT2D eigenvalue weighted by atomic mass is 32.2. The molecule has 0 unspecified atom stereocenters. The number of aryl methyl sites for hydroxylation is 1. The predicted molar refractivity (Wildman–Crippen MR) is 105 cm³/mol. The van der Waals surface area contributed by atoms with Crippen LogP contribution in [-0.2, 0) is 27.7 Å². The van der Waals surface area contributed by atoms with Crippen molar-refractivity contribution in [2.75, 3.05) is 4.72 Å². The van der Waals surface area contributed by atoms with Crippen LogP contribution in [0.25, 0.3) is 0 Å². The van der Waals surface area contributed by atoms with Crippen LogP contribution in [0.4, 0.5) is 18.9 Å². The van der Waals surface area contributed by atoms with E-state index in [0.717, 1.165) is 5.56 Å². The highest BCUT2D eigenvalue weighted by Crippen LogP contribution is 2.21. The van der Waals surface area contributed by atoms with Crippen molar-refractivity contribution in [3.8, 4) is 0 Å². The molecule has 156 valence electrons. The molecule has 0 aliphatic carbocycles. The Bertz CT molecular complexity index is 1130. The first-order valence-corrected chi connectivity index (χ1v) is 10.4. The summed E-state index contributed by atoms with van der Waals surface area (Å²) in [7, 11) is -4.15. The molecule has 30 heavy (non-hydrogen) atoms. The normalized spacial score (nSPS) is 11.3. The van der Waals surface area contributed by atoms with Crippen LogP contribution in [0.1, 0.15) is 17.5 Å². The number of ketones is 1. The van der Waals surface area contributed by atoms with E-state index in [1.165, 1.54) is 24.3 Å². The number of hydrogen-bond donors (Lipinski definition) is 1. The van der Waals surface area contributed by atoms with Gasteiger partial charge in [-0.1, -0.05) is 18.2 Å². The van der Waals surface area contributed by atoms with E-state index in [2.05, 4.69) is 4.98 Å². The van der Waals surface area contributed by atoms with E-state index in [0.29, 0.717) is 30.5 Å². The molecule has 0 aliphatic rings. The third kappa shape index (κ3) is 5.44. The molecule has 1 aromatic heterocycles. The third-order valence-corrected chi connectivity index (χ3v) is 5.68. The smallest absolute Gasteiger partial charge is 0.261 e. The Balaban J connectivity index is 1.63. The van der Waals surface area contributed by atoms with E-state index in [9.17, 15) is 26.4 Å². The first-order chi connectivity index (χ1) is 14.2. The second-order valence-corrected chi connectivity index (χ2v) is 8.26. The Morgan fingerprint density at radius 2 is 1.63 bits per heavy atom. The first-order valence-electron chi connectivity index (χ1n) is 8.91. The Morgan fingerprint density at radius 3 is 2.23 bits per heavy atom. The van der Waals surface area contributed by atoms with Gasteiger partial charge in [-0.3, -0.25) is 14.5 Å². The van der Waals surface area contributed by atoms with Gasteiger partial charge in [-0.15, -0.1) is 0 Å². The minimum atomic E-state index is -4.15. The average molecular weight is 434 g/mol. The number of aromatic nitrogens is 1. The molecule has 5 nitrogen and oxygen atoms in total. The molecule has 0 spiro atoms. The molecule has 3 rings (SSSR count). The number of sulfonamides is 1. The van der Waals surface area contributed by atoms with Gasteiger partial charge in [0.05, 0.1) is 10.6 Å². The Morgan fingerprint density at radius 1 is 0.967 bits per heavy atom. The number of anilines is 1. The number of benzene rings is 2. The number of nitrogens with one attached hydrogen (secondary N) is 1. The Hall–Kier alpha value is -3.20. The third-order valence-electron chi connectivity index (χ3n) is 4.29. The van der Waals surface area contributed by atoms with E-state index < -0.39 is 33.2 Å². The molecule has 0 amide bonds. The topological polar surface area (TPSA) is 76.1 Å². The summed E-state index contributed by atoms with van der Waals surface area (Å²) in [5, 5.41) is 0. The van der Waals surface area contributed by atoms with Crippen molar-refractivity contribution in [2.24, 2.45) is 0 Å². The van der Waals surface area contributed by atoms with Gasteiger partial charge in [0.2, 0.25) is 0 Å². The van der Waals surface area contributed by atoms with Gasteiger partial charge >= 0.3 is 0 Å². The van der Waals surface area contributed by atoms with Crippen LogP contribution in [0, 0.1) is 17.5 Å². The van der Waals surface area contributed by atoms with Crippen molar-refractivity contribution in [1.29, 1.82) is 0 Å². The number of pyridine rings is 1. The molecule has 9 heteroatoms. The summed E-state index contributed by atoms with van der Waals surface area (Å²) < 4.78 is 66.3. The highest BCUT2D eigenvalue weighted by Gasteiger charge is 2.18. The molecular weight excluding hydrogens is 417 g/mol. The van der Waals surface area contributed by atoms with Gasteiger partial charge in [0.1, 0.15) is 5.78 Å². The summed E-state index contributed by atoms with van der Waals surface area (Å²) in [5.74, 6) is -4.71. The summed E-state index contributed by atoms with van der Waals surface area (Å²) in [6, 6.07) is 10.3. The summed E-state index contributed by atoms with van der Waals surface area (Å²) in [4.78, 5) is 16.0. The lowest BCUT2D eigenvalue weighted by atomic mass is 10.0. The minimum Gasteiger partial charge on any atom is -0.299 e. The number of nitrogens with zero attached hydrogens (tertiary/aromatic N) is 1. The van der Waals surface area contributed by atoms with Crippen molar-refractivity contribution in [3.63, 3.8) is 0 Å². The molecule has 2 aromatic carbocycles. The SMILES string of the molecule is O=C(CCc1cccnc1)Cc1ccc(S(=O)(=O)Nc2cc(F)c(F)c(F)c2)cc1. The Kier molecular flexibility index (Phi) is 6.51. The first kappa shape index (κ1) is 21.5. The fourth-order valence-corrected chi connectivity index (χ4v) is 3.80. The second kappa shape index (κ2) is 9.08. The standard InChI is InChI=1S/C21H17F3N2O3S/c22-19-11-16(12-20(23)21(19)24)26-30(28,29)18-7-4-14(5-8-18)10-17(27)6-3-15-2-1-9-25-13-15/h1-2,4-5,7-9,11-13,26H,3,6,10H2. The van der Waals surface area contributed by atoms with Crippen LogP contribution in [0.3, 0.4) is 0 Å². The zero-order valence-corrected chi connectivity index (χ0v) is 16.4. The molecular formula is C21H17F3N2O3S. The number of halogens is 3. The van der Waals surface area contributed by atoms with Gasteiger partial charge < -0.3 is 0 Å². The lowest BCUT2D eigenvalue weighted by Crippen LogP contribution is -2.14. The van der Waals surface area contributed by atoms with Crippen LogP contribution in [0.5, 0.6) is 0 Å². The van der Waals surface area contributed by atoms with Crippen molar-refractivity contribution >= 4 is 21.5 Å². The molecule has 0 bridgehead atoms. The highest BCUT2D eigenvalue weighted by molar-refractivity contribution is 7.92. The maximum absolute atomic E-state index is 13.3. The van der Waals surface area contributed by atoms with Gasteiger partial charge in [-0.2, -0.15) is 0 Å². The number of hydrogen-bond acceptors (Lipinski definition) is 4. The van der Waals surface area contributed by atoms with Crippen molar-refractivity contribution in [1.82, 2.24) is 4.98 Å². The maximum Gasteiger partial charge on any atom is 0.261 e. The van der Waals surface area contributed by atoms with Gasteiger partial charge in [-0.25, -0.2) is 21.6 Å². The van der Waals surface area contributed by atoms with Crippen LogP contribution in [0.15, 0.2) is 65.8 Å². The van der Waals surface area contributed by atoms with Crippen LogP contribution >= 0.6 is 0 Å². The molecule has 3 aromatic rings. The summed E-state index contributed by atoms with van der Waals surface area (Å²) in [6.45, 7) is 0. The predicted octanol–water partition coefficient (Wildman–Crippen LogP) is 4.04. The van der Waals surface area contributed by atoms with Crippen molar-refractivity contribution in [2.45, 2.75) is 24.2 Å². The number of carbonyl (C=O) groups excluding carboxylic acids is 1. The van der Waals surface area contributed by atoms with Gasteiger partial charge in [0.15, 0.2) is 17.5 Å². The molecule has 0 atom stereocenters. The lowest BCUT2D eigenvalue weighted by Gasteiger charge is -2.09. The number of carbonyl (C=O) groups is 1. The zero-order valence-electron chi connectivity index (χ0n) is 15.6. The number of Topliss-reactive ketones (excluding diaryl/α,β-unsaturated/α-hetero) is 1. The summed E-state index contributed by atoms with van der Waals surface area (Å²) >= 11 is 0. The fraction of sp³-hybridized carbons (Fsp3) is 0.143. The minimum absolute atomic E-state index is 0.00940. The lowest BCUT2D eigenvalue weighted by molar-refractivity contribution is -0.118. The van der Waals surface area contributed by atoms with E-state index in [-0.39, 0.29) is 17.1 Å². The zero-order chi connectivity index (χ0) is 21.7. The van der Waals surface area contributed by atoms with Crippen molar-refractivity contribution in [3.05, 3.63) is 89.5 Å². The molecule has 0 aliphatic heterocycles. The van der Waals surface area contributed by atoms with Crippen LogP contribution < -0.4 is 4.72 Å². The maximum atomic E-state index is 13.3. The molecule has 0 radical (unpaired) electrons.